The lowest BCUT2D eigenvalue weighted by Crippen LogP contribution is -2.47. The van der Waals surface area contributed by atoms with Crippen molar-refractivity contribution in [1.82, 2.24) is 5.32 Å². The van der Waals surface area contributed by atoms with Gasteiger partial charge in [0, 0.05) is 18.4 Å². The number of carbonyl (C=O) groups is 2. The van der Waals surface area contributed by atoms with Crippen LogP contribution < -0.4 is 5.32 Å². The average molecular weight is 241 g/mol. The number of unbranched alkanes of at least 4 members (excludes halogenated alkanes) is 1. The van der Waals surface area contributed by atoms with Gasteiger partial charge >= 0.3 is 5.97 Å². The molecule has 4 heteroatoms. The fraction of sp³-hybridized carbons (Fsp3) is 0.846. The minimum atomic E-state index is -0.787. The van der Waals surface area contributed by atoms with Gasteiger partial charge in [0.2, 0.25) is 5.91 Å². The maximum absolute atomic E-state index is 11.7. The minimum absolute atomic E-state index is 0.0257. The van der Waals surface area contributed by atoms with E-state index in [0.29, 0.717) is 19.3 Å². The highest BCUT2D eigenvalue weighted by Gasteiger charge is 2.27. The van der Waals surface area contributed by atoms with Crippen LogP contribution in [0.5, 0.6) is 0 Å². The molecule has 0 unspecified atom stereocenters. The summed E-state index contributed by atoms with van der Waals surface area (Å²) in [4.78, 5) is 22.0. The van der Waals surface area contributed by atoms with Crippen molar-refractivity contribution in [1.29, 1.82) is 0 Å². The average Bonchev–Trinajstić information content (AvgIpc) is 2.24. The summed E-state index contributed by atoms with van der Waals surface area (Å²) in [6, 6.07) is 0. The molecule has 0 aromatic rings. The molecule has 0 aromatic heterocycles. The van der Waals surface area contributed by atoms with Crippen LogP contribution >= 0.6 is 0 Å². The smallest absolute Gasteiger partial charge is 0.303 e. The third-order valence-corrected chi connectivity index (χ3v) is 3.44. The normalized spacial score (nSPS) is 18.6. The van der Waals surface area contributed by atoms with Crippen molar-refractivity contribution in [2.75, 3.05) is 0 Å². The number of hydrogen-bond acceptors (Lipinski definition) is 2. The Bertz CT molecular complexity index is 270. The van der Waals surface area contributed by atoms with Gasteiger partial charge in [-0.3, -0.25) is 9.59 Å². The van der Waals surface area contributed by atoms with Crippen molar-refractivity contribution in [2.24, 2.45) is 0 Å². The number of hydrogen-bond donors (Lipinski definition) is 2. The summed E-state index contributed by atoms with van der Waals surface area (Å²) in [7, 11) is 0. The number of amides is 1. The summed E-state index contributed by atoms with van der Waals surface area (Å²) >= 11 is 0. The maximum Gasteiger partial charge on any atom is 0.303 e. The lowest BCUT2D eigenvalue weighted by atomic mass is 9.83. The van der Waals surface area contributed by atoms with Crippen LogP contribution in [0.3, 0.4) is 0 Å². The van der Waals surface area contributed by atoms with Crippen LogP contribution in [-0.2, 0) is 9.59 Å². The number of carboxylic acids is 1. The zero-order chi connectivity index (χ0) is 12.7. The zero-order valence-corrected chi connectivity index (χ0v) is 10.6. The quantitative estimate of drug-likeness (QED) is 0.702. The third-order valence-electron chi connectivity index (χ3n) is 3.44. The van der Waals surface area contributed by atoms with Crippen molar-refractivity contribution in [3.63, 3.8) is 0 Å². The van der Waals surface area contributed by atoms with Gasteiger partial charge in [0.05, 0.1) is 0 Å². The van der Waals surface area contributed by atoms with E-state index < -0.39 is 5.97 Å². The van der Waals surface area contributed by atoms with Gasteiger partial charge in [-0.05, 0) is 32.6 Å². The molecule has 1 fully saturated rings. The highest BCUT2D eigenvalue weighted by molar-refractivity contribution is 5.76. The predicted octanol–water partition coefficient (Wildman–Crippen LogP) is 2.47. The highest BCUT2D eigenvalue weighted by Crippen LogP contribution is 2.27. The molecule has 1 aliphatic carbocycles. The van der Waals surface area contributed by atoms with Crippen molar-refractivity contribution in [3.8, 4) is 0 Å². The van der Waals surface area contributed by atoms with E-state index in [4.69, 9.17) is 5.11 Å². The van der Waals surface area contributed by atoms with Crippen LogP contribution in [0.4, 0.5) is 0 Å². The molecule has 98 valence electrons. The topological polar surface area (TPSA) is 66.4 Å². The molecule has 0 heterocycles. The van der Waals surface area contributed by atoms with E-state index in [0.717, 1.165) is 12.8 Å². The first-order chi connectivity index (χ1) is 8.02. The fourth-order valence-electron chi connectivity index (χ4n) is 2.42. The fourth-order valence-corrected chi connectivity index (χ4v) is 2.42. The van der Waals surface area contributed by atoms with E-state index in [1.165, 1.54) is 19.3 Å². The van der Waals surface area contributed by atoms with Crippen molar-refractivity contribution < 1.29 is 14.7 Å². The second-order valence-electron chi connectivity index (χ2n) is 5.27. The largest absolute Gasteiger partial charge is 0.481 e. The van der Waals surface area contributed by atoms with Gasteiger partial charge in [-0.1, -0.05) is 19.3 Å². The van der Waals surface area contributed by atoms with Gasteiger partial charge in [0.15, 0.2) is 0 Å². The predicted molar refractivity (Wildman–Crippen MR) is 65.7 cm³/mol. The molecule has 1 aliphatic rings. The molecule has 0 aromatic carbocycles. The number of carbonyl (C=O) groups excluding carboxylic acids is 1. The Morgan fingerprint density at radius 2 is 1.71 bits per heavy atom. The van der Waals surface area contributed by atoms with Crippen LogP contribution in [-0.4, -0.2) is 22.5 Å². The van der Waals surface area contributed by atoms with Gasteiger partial charge in [-0.15, -0.1) is 0 Å². The molecule has 17 heavy (non-hydrogen) atoms. The van der Waals surface area contributed by atoms with Gasteiger partial charge in [-0.2, -0.15) is 0 Å². The summed E-state index contributed by atoms with van der Waals surface area (Å²) in [5.74, 6) is -0.718. The summed E-state index contributed by atoms with van der Waals surface area (Å²) in [5.41, 5.74) is -0.0257. The number of rotatable bonds is 6. The van der Waals surface area contributed by atoms with Crippen molar-refractivity contribution in [3.05, 3.63) is 0 Å². The number of nitrogens with one attached hydrogen (secondary N) is 1. The Morgan fingerprint density at radius 1 is 1.12 bits per heavy atom. The Kier molecular flexibility index (Phi) is 5.45. The molecule has 4 nitrogen and oxygen atoms in total. The molecule has 0 saturated heterocycles. The Morgan fingerprint density at radius 3 is 2.29 bits per heavy atom. The van der Waals surface area contributed by atoms with E-state index in [2.05, 4.69) is 12.2 Å². The summed E-state index contributed by atoms with van der Waals surface area (Å²) in [6.07, 6.45) is 7.62. The zero-order valence-electron chi connectivity index (χ0n) is 10.6. The van der Waals surface area contributed by atoms with Crippen LogP contribution in [0.1, 0.15) is 64.7 Å². The van der Waals surface area contributed by atoms with Gasteiger partial charge in [-0.25, -0.2) is 0 Å². The SMILES string of the molecule is CC1(NC(=O)CCCCC(=O)O)CCCCC1. The van der Waals surface area contributed by atoms with Crippen LogP contribution in [0.2, 0.25) is 0 Å². The highest BCUT2D eigenvalue weighted by atomic mass is 16.4. The second-order valence-corrected chi connectivity index (χ2v) is 5.27. The minimum Gasteiger partial charge on any atom is -0.481 e. The molecule has 0 atom stereocenters. The molecule has 1 amide bonds. The lowest BCUT2D eigenvalue weighted by molar-refractivity contribution is -0.137. The van der Waals surface area contributed by atoms with E-state index in [1.54, 1.807) is 0 Å². The Balaban J connectivity index is 2.17. The van der Waals surface area contributed by atoms with Crippen LogP contribution in [0.25, 0.3) is 0 Å². The molecule has 0 bridgehead atoms. The van der Waals surface area contributed by atoms with Crippen LogP contribution in [0.15, 0.2) is 0 Å². The molecular weight excluding hydrogens is 218 g/mol. The molecule has 0 radical (unpaired) electrons. The summed E-state index contributed by atoms with van der Waals surface area (Å²) in [6.45, 7) is 2.11. The first-order valence-electron chi connectivity index (χ1n) is 6.55. The summed E-state index contributed by atoms with van der Waals surface area (Å²) < 4.78 is 0. The first kappa shape index (κ1) is 14.0. The molecule has 0 aliphatic heterocycles. The van der Waals surface area contributed by atoms with E-state index in [-0.39, 0.29) is 17.9 Å². The molecule has 1 saturated carbocycles. The maximum atomic E-state index is 11.7. The van der Waals surface area contributed by atoms with E-state index in [1.807, 2.05) is 0 Å². The molecule has 1 rings (SSSR count). The van der Waals surface area contributed by atoms with Crippen LogP contribution in [0, 0.1) is 0 Å². The molecule has 0 spiro atoms. The van der Waals surface area contributed by atoms with Gasteiger partial charge in [0.1, 0.15) is 0 Å². The third kappa shape index (κ3) is 5.71. The monoisotopic (exact) mass is 241 g/mol. The van der Waals surface area contributed by atoms with Gasteiger partial charge < -0.3 is 10.4 Å². The lowest BCUT2D eigenvalue weighted by Gasteiger charge is -2.34. The second kappa shape index (κ2) is 6.62. The van der Waals surface area contributed by atoms with E-state index >= 15 is 0 Å². The Hall–Kier alpha value is -1.06. The first-order valence-corrected chi connectivity index (χ1v) is 6.55. The number of carboxylic acid groups (broad SMARTS) is 1. The molecule has 2 N–H and O–H groups in total. The van der Waals surface area contributed by atoms with E-state index in [9.17, 15) is 9.59 Å². The molecular formula is C13H23NO3. The summed E-state index contributed by atoms with van der Waals surface area (Å²) in [5, 5.41) is 11.6. The van der Waals surface area contributed by atoms with Crippen molar-refractivity contribution in [2.45, 2.75) is 70.3 Å². The van der Waals surface area contributed by atoms with Gasteiger partial charge in [0.25, 0.3) is 0 Å². The number of aliphatic carboxylic acids is 1. The standard InChI is InChI=1S/C13H23NO3/c1-13(9-5-2-6-10-13)14-11(15)7-3-4-8-12(16)17/h2-10H2,1H3,(H,14,15)(H,16,17). The Labute approximate surface area is 103 Å². The van der Waals surface area contributed by atoms with Crippen molar-refractivity contribution >= 4 is 11.9 Å².